The van der Waals surface area contributed by atoms with E-state index in [1.54, 1.807) is 0 Å². The maximum atomic E-state index is 12.2. The average molecular weight is 417 g/mol. The maximum Gasteiger partial charge on any atom is 0.310 e. The third kappa shape index (κ3) is 4.79. The zero-order chi connectivity index (χ0) is 21.3. The Bertz CT molecular complexity index is 1080. The molecule has 0 aromatic heterocycles. The van der Waals surface area contributed by atoms with E-state index >= 15 is 0 Å². The van der Waals surface area contributed by atoms with Crippen LogP contribution in [0.5, 0.6) is 0 Å². The molecule has 0 aliphatic carbocycles. The van der Waals surface area contributed by atoms with Crippen LogP contribution in [0.2, 0.25) is 0 Å². The zero-order valence-corrected chi connectivity index (χ0v) is 18.9. The Kier molecular flexibility index (Phi) is 5.75. The van der Waals surface area contributed by atoms with Gasteiger partial charge in [0.2, 0.25) is 0 Å². The molecule has 3 aromatic carbocycles. The Morgan fingerprint density at radius 1 is 0.933 bits per heavy atom. The molecule has 0 amide bonds. The number of hydrogen-bond donors (Lipinski definition) is 0. The van der Waals surface area contributed by atoms with Gasteiger partial charge < -0.3 is 4.74 Å². The summed E-state index contributed by atoms with van der Waals surface area (Å²) >= 11 is 1.86. The number of rotatable bonds is 4. The van der Waals surface area contributed by atoms with Crippen molar-refractivity contribution in [2.45, 2.75) is 61.8 Å². The number of hydrogen-bond acceptors (Lipinski definition) is 3. The molecule has 154 valence electrons. The summed E-state index contributed by atoms with van der Waals surface area (Å²) in [7, 11) is 0. The number of ether oxygens (including phenoxy) is 1. The second-order valence-corrected chi connectivity index (χ2v) is 10.1. The summed E-state index contributed by atoms with van der Waals surface area (Å²) < 4.78 is 5.48. The highest BCUT2D eigenvalue weighted by atomic mass is 32.2. The van der Waals surface area contributed by atoms with Crippen LogP contribution in [0.1, 0.15) is 61.4 Å². The molecule has 0 saturated heterocycles. The fourth-order valence-corrected chi connectivity index (χ4v) is 4.94. The molecule has 0 fully saturated rings. The number of benzene rings is 3. The van der Waals surface area contributed by atoms with Crippen LogP contribution >= 0.6 is 11.8 Å². The van der Waals surface area contributed by atoms with Gasteiger partial charge in [0.25, 0.3) is 0 Å². The molecular formula is C27H28O2S. The van der Waals surface area contributed by atoms with Crippen molar-refractivity contribution in [3.63, 3.8) is 0 Å². The first-order valence-corrected chi connectivity index (χ1v) is 11.3. The quantitative estimate of drug-likeness (QED) is 0.343. The Hall–Kier alpha value is -2.52. The summed E-state index contributed by atoms with van der Waals surface area (Å²) in [5, 5.41) is 0. The van der Waals surface area contributed by atoms with Crippen LogP contribution < -0.4 is 0 Å². The molecule has 1 heterocycles. The lowest BCUT2D eigenvalue weighted by molar-refractivity contribution is -0.153. The van der Waals surface area contributed by atoms with Crippen molar-refractivity contribution in [1.82, 2.24) is 0 Å². The van der Waals surface area contributed by atoms with Crippen molar-refractivity contribution in [3.05, 3.63) is 94.5 Å². The third-order valence-corrected chi connectivity index (χ3v) is 6.61. The van der Waals surface area contributed by atoms with Gasteiger partial charge in [-0.2, -0.15) is 0 Å². The topological polar surface area (TPSA) is 26.3 Å². The molecule has 0 spiro atoms. The van der Waals surface area contributed by atoms with E-state index in [9.17, 15) is 4.79 Å². The first kappa shape index (κ1) is 20.7. The molecule has 30 heavy (non-hydrogen) atoms. The number of carbonyl (C=O) groups is 1. The van der Waals surface area contributed by atoms with E-state index in [4.69, 9.17) is 4.74 Å². The fourth-order valence-electron chi connectivity index (χ4n) is 3.89. The van der Waals surface area contributed by atoms with E-state index in [0.29, 0.717) is 6.42 Å². The minimum atomic E-state index is -0.457. The van der Waals surface area contributed by atoms with Crippen LogP contribution in [-0.2, 0) is 22.4 Å². The van der Waals surface area contributed by atoms with Crippen LogP contribution in [0, 0.1) is 0 Å². The molecule has 0 radical (unpaired) electrons. The van der Waals surface area contributed by atoms with E-state index in [1.807, 2.05) is 44.7 Å². The highest BCUT2D eigenvalue weighted by Gasteiger charge is 2.19. The van der Waals surface area contributed by atoms with Crippen molar-refractivity contribution in [3.8, 4) is 0 Å². The smallest absolute Gasteiger partial charge is 0.310 e. The Balaban J connectivity index is 1.53. The second kappa shape index (κ2) is 8.31. The molecule has 1 unspecified atom stereocenters. The van der Waals surface area contributed by atoms with E-state index in [2.05, 4.69) is 61.5 Å². The number of esters is 1. The summed E-state index contributed by atoms with van der Waals surface area (Å²) in [5.41, 5.74) is 5.87. The zero-order valence-electron chi connectivity index (χ0n) is 18.1. The van der Waals surface area contributed by atoms with Crippen molar-refractivity contribution in [2.24, 2.45) is 0 Å². The lowest BCUT2D eigenvalue weighted by atomic mass is 9.89. The van der Waals surface area contributed by atoms with E-state index in [1.165, 1.54) is 32.0 Å². The van der Waals surface area contributed by atoms with Crippen LogP contribution in [0.15, 0.2) is 76.5 Å². The second-order valence-electron chi connectivity index (χ2n) is 8.98. The molecule has 1 atom stereocenters. The van der Waals surface area contributed by atoms with Gasteiger partial charge in [0.1, 0.15) is 5.60 Å². The van der Waals surface area contributed by atoms with Crippen LogP contribution in [0.4, 0.5) is 0 Å². The van der Waals surface area contributed by atoms with Crippen LogP contribution in [0.3, 0.4) is 0 Å². The van der Waals surface area contributed by atoms with E-state index < -0.39 is 5.60 Å². The standard InChI is InChI=1S/C27H28O2S/c1-18(20-10-7-8-19(14-20)15-26(28)29-27(2,3)4)21-12-13-25-23(16-21)17-22-9-5-6-11-24(22)30-25/h5-14,16,18H,15,17H2,1-4H3. The minimum Gasteiger partial charge on any atom is -0.460 e. The molecule has 0 saturated carbocycles. The largest absolute Gasteiger partial charge is 0.460 e. The molecule has 1 aliphatic heterocycles. The predicted molar refractivity (Wildman–Crippen MR) is 123 cm³/mol. The van der Waals surface area contributed by atoms with Gasteiger partial charge in [0.15, 0.2) is 0 Å². The first-order valence-electron chi connectivity index (χ1n) is 10.5. The molecular weight excluding hydrogens is 388 g/mol. The van der Waals surface area contributed by atoms with Gasteiger partial charge in [-0.05, 0) is 67.1 Å². The van der Waals surface area contributed by atoms with Crippen molar-refractivity contribution < 1.29 is 9.53 Å². The Morgan fingerprint density at radius 3 is 2.47 bits per heavy atom. The van der Waals surface area contributed by atoms with Gasteiger partial charge in [0, 0.05) is 15.7 Å². The molecule has 3 heteroatoms. The van der Waals surface area contributed by atoms with Gasteiger partial charge in [0.05, 0.1) is 6.42 Å². The molecule has 0 N–H and O–H groups in total. The summed E-state index contributed by atoms with van der Waals surface area (Å²) in [5.74, 6) is 0.0767. The lowest BCUT2D eigenvalue weighted by Crippen LogP contribution is -2.24. The van der Waals surface area contributed by atoms with Gasteiger partial charge in [-0.15, -0.1) is 0 Å². The Labute approximate surface area is 183 Å². The monoisotopic (exact) mass is 416 g/mol. The van der Waals surface area contributed by atoms with E-state index in [0.717, 1.165) is 12.0 Å². The van der Waals surface area contributed by atoms with Crippen LogP contribution in [-0.4, -0.2) is 11.6 Å². The van der Waals surface area contributed by atoms with Gasteiger partial charge in [-0.25, -0.2) is 0 Å². The van der Waals surface area contributed by atoms with Gasteiger partial charge >= 0.3 is 5.97 Å². The molecule has 4 rings (SSSR count). The number of carbonyl (C=O) groups excluding carboxylic acids is 1. The summed E-state index contributed by atoms with van der Waals surface area (Å²) in [6.07, 6.45) is 1.28. The van der Waals surface area contributed by atoms with Gasteiger partial charge in [-0.3, -0.25) is 4.79 Å². The fraction of sp³-hybridized carbons (Fsp3) is 0.296. The average Bonchev–Trinajstić information content (AvgIpc) is 2.70. The highest BCUT2D eigenvalue weighted by Crippen LogP contribution is 2.40. The van der Waals surface area contributed by atoms with Crippen molar-refractivity contribution in [2.75, 3.05) is 0 Å². The highest BCUT2D eigenvalue weighted by molar-refractivity contribution is 7.99. The normalized spacial score (nSPS) is 13.9. The minimum absolute atomic E-state index is 0.184. The van der Waals surface area contributed by atoms with Crippen molar-refractivity contribution in [1.29, 1.82) is 0 Å². The summed E-state index contributed by atoms with van der Waals surface area (Å²) in [4.78, 5) is 14.9. The molecule has 3 aromatic rings. The SMILES string of the molecule is CC(c1cccc(CC(=O)OC(C)(C)C)c1)c1ccc2c(c1)Cc1ccccc1S2. The summed E-state index contributed by atoms with van der Waals surface area (Å²) in [6.45, 7) is 7.93. The predicted octanol–water partition coefficient (Wildman–Crippen LogP) is 6.78. The molecule has 1 aliphatic rings. The Morgan fingerprint density at radius 2 is 1.67 bits per heavy atom. The number of fused-ring (bicyclic) bond motifs is 2. The lowest BCUT2D eigenvalue weighted by Gasteiger charge is -2.22. The van der Waals surface area contributed by atoms with E-state index in [-0.39, 0.29) is 11.9 Å². The summed E-state index contributed by atoms with van der Waals surface area (Å²) in [6, 6.07) is 23.8. The maximum absolute atomic E-state index is 12.2. The van der Waals surface area contributed by atoms with Crippen molar-refractivity contribution >= 4 is 17.7 Å². The molecule has 0 bridgehead atoms. The van der Waals surface area contributed by atoms with Gasteiger partial charge in [-0.1, -0.05) is 73.3 Å². The third-order valence-electron chi connectivity index (χ3n) is 5.38. The molecule has 2 nitrogen and oxygen atoms in total. The first-order chi connectivity index (χ1) is 14.3. The van der Waals surface area contributed by atoms with Crippen LogP contribution in [0.25, 0.3) is 0 Å².